The fourth-order valence-corrected chi connectivity index (χ4v) is 1.09. The Kier molecular flexibility index (Phi) is 4.59. The molecule has 0 saturated carbocycles. The molecular formula is C8H11Cl2N3. The van der Waals surface area contributed by atoms with Gasteiger partial charge in [-0.15, -0.1) is 24.8 Å². The lowest BCUT2D eigenvalue weighted by Crippen LogP contribution is -1.86. The Morgan fingerprint density at radius 1 is 1.31 bits per heavy atom. The molecule has 2 N–H and O–H groups in total. The van der Waals surface area contributed by atoms with Crippen LogP contribution in [0.3, 0.4) is 0 Å². The number of H-pyrrole nitrogens is 1. The summed E-state index contributed by atoms with van der Waals surface area (Å²) < 4.78 is 0. The number of fused-ring (bicyclic) bond motifs is 1. The highest BCUT2D eigenvalue weighted by atomic mass is 35.5. The van der Waals surface area contributed by atoms with Crippen molar-refractivity contribution in [1.82, 2.24) is 9.97 Å². The van der Waals surface area contributed by atoms with Crippen LogP contribution >= 0.6 is 24.8 Å². The molecule has 0 aliphatic heterocycles. The molecule has 0 aliphatic rings. The minimum Gasteiger partial charge on any atom is -0.388 e. The van der Waals surface area contributed by atoms with E-state index in [9.17, 15) is 0 Å². The van der Waals surface area contributed by atoms with E-state index < -0.39 is 0 Å². The summed E-state index contributed by atoms with van der Waals surface area (Å²) in [6.07, 6.45) is 1.70. The van der Waals surface area contributed by atoms with Crippen molar-refractivity contribution in [2.24, 2.45) is 0 Å². The molecule has 0 spiro atoms. The average molecular weight is 220 g/mol. The van der Waals surface area contributed by atoms with Gasteiger partial charge < -0.3 is 10.3 Å². The number of hydrogen-bond donors (Lipinski definition) is 2. The largest absolute Gasteiger partial charge is 0.388 e. The smallest absolute Gasteiger partial charge is 0.0931 e. The predicted octanol–water partition coefficient (Wildman–Crippen LogP) is 2.45. The molecule has 0 fully saturated rings. The van der Waals surface area contributed by atoms with Crippen molar-refractivity contribution < 1.29 is 0 Å². The van der Waals surface area contributed by atoms with Gasteiger partial charge in [-0.05, 0) is 18.2 Å². The zero-order chi connectivity index (χ0) is 7.68. The third-order valence-corrected chi connectivity index (χ3v) is 1.71. The van der Waals surface area contributed by atoms with E-state index in [0.29, 0.717) is 0 Å². The summed E-state index contributed by atoms with van der Waals surface area (Å²) >= 11 is 0. The Labute approximate surface area is 88.8 Å². The molecule has 0 unspecified atom stereocenters. The van der Waals surface area contributed by atoms with Gasteiger partial charge in [0.1, 0.15) is 0 Å². The highest BCUT2D eigenvalue weighted by Crippen LogP contribution is 2.14. The van der Waals surface area contributed by atoms with Gasteiger partial charge in [0, 0.05) is 12.7 Å². The second-order valence-electron chi connectivity index (χ2n) is 2.38. The summed E-state index contributed by atoms with van der Waals surface area (Å²) in [5.41, 5.74) is 3.17. The summed E-state index contributed by atoms with van der Waals surface area (Å²) in [6.45, 7) is 0. The van der Waals surface area contributed by atoms with Crippen LogP contribution in [0.2, 0.25) is 0 Å². The van der Waals surface area contributed by atoms with Gasteiger partial charge in [-0.25, -0.2) is 4.98 Å². The van der Waals surface area contributed by atoms with Gasteiger partial charge in [0.15, 0.2) is 0 Å². The third kappa shape index (κ3) is 2.26. The standard InChI is InChI=1S/C8H9N3.2ClH/c1-9-6-2-3-7-8(4-6)11-5-10-7;;/h2-5,9H,1H3,(H,10,11);2*1H. The molecule has 0 saturated heterocycles. The van der Waals surface area contributed by atoms with Crippen LogP contribution in [-0.2, 0) is 0 Å². The summed E-state index contributed by atoms with van der Waals surface area (Å²) in [6, 6.07) is 6.02. The first-order chi connectivity index (χ1) is 5.40. The monoisotopic (exact) mass is 219 g/mol. The van der Waals surface area contributed by atoms with Gasteiger partial charge in [0.25, 0.3) is 0 Å². The molecule has 2 rings (SSSR count). The minimum absolute atomic E-state index is 0. The molecule has 5 heteroatoms. The number of anilines is 1. The van der Waals surface area contributed by atoms with Gasteiger partial charge in [0.05, 0.1) is 17.4 Å². The molecule has 3 nitrogen and oxygen atoms in total. The number of nitrogens with zero attached hydrogens (tertiary/aromatic N) is 1. The van der Waals surface area contributed by atoms with Gasteiger partial charge in [-0.1, -0.05) is 0 Å². The average Bonchev–Trinajstić information content (AvgIpc) is 2.50. The van der Waals surface area contributed by atoms with Crippen LogP contribution in [-0.4, -0.2) is 17.0 Å². The van der Waals surface area contributed by atoms with Crippen molar-refractivity contribution in [1.29, 1.82) is 0 Å². The molecule has 1 heterocycles. The Bertz CT molecular complexity index is 372. The zero-order valence-corrected chi connectivity index (χ0v) is 8.71. The molecule has 0 radical (unpaired) electrons. The fraction of sp³-hybridized carbons (Fsp3) is 0.125. The molecule has 1 aromatic heterocycles. The van der Waals surface area contributed by atoms with Crippen molar-refractivity contribution >= 4 is 41.5 Å². The van der Waals surface area contributed by atoms with Crippen molar-refractivity contribution in [3.8, 4) is 0 Å². The summed E-state index contributed by atoms with van der Waals surface area (Å²) in [5.74, 6) is 0. The van der Waals surface area contributed by atoms with Crippen molar-refractivity contribution in [3.05, 3.63) is 24.5 Å². The highest BCUT2D eigenvalue weighted by molar-refractivity contribution is 5.85. The molecule has 0 atom stereocenters. The molecule has 0 aliphatic carbocycles. The number of nitrogens with one attached hydrogen (secondary N) is 2. The topological polar surface area (TPSA) is 40.7 Å². The lowest BCUT2D eigenvalue weighted by Gasteiger charge is -1.97. The first-order valence-electron chi connectivity index (χ1n) is 3.51. The maximum atomic E-state index is 4.11. The number of rotatable bonds is 1. The third-order valence-electron chi connectivity index (χ3n) is 1.71. The van der Waals surface area contributed by atoms with E-state index in [1.165, 1.54) is 0 Å². The van der Waals surface area contributed by atoms with Gasteiger partial charge >= 0.3 is 0 Å². The highest BCUT2D eigenvalue weighted by Gasteiger charge is 1.94. The minimum atomic E-state index is 0. The van der Waals surface area contributed by atoms with E-state index >= 15 is 0 Å². The Morgan fingerprint density at radius 2 is 2.08 bits per heavy atom. The summed E-state index contributed by atoms with van der Waals surface area (Å²) in [7, 11) is 1.90. The molecule has 1 aromatic carbocycles. The molecule has 13 heavy (non-hydrogen) atoms. The van der Waals surface area contributed by atoms with E-state index in [4.69, 9.17) is 0 Å². The molecule has 0 bridgehead atoms. The maximum absolute atomic E-state index is 4.11. The van der Waals surface area contributed by atoms with E-state index in [2.05, 4.69) is 15.3 Å². The van der Waals surface area contributed by atoms with E-state index in [-0.39, 0.29) is 24.8 Å². The number of aromatic amines is 1. The number of aromatic nitrogens is 2. The second kappa shape index (κ2) is 4.94. The number of hydrogen-bond acceptors (Lipinski definition) is 2. The second-order valence-corrected chi connectivity index (χ2v) is 2.38. The molecular weight excluding hydrogens is 209 g/mol. The van der Waals surface area contributed by atoms with Crippen molar-refractivity contribution in [2.75, 3.05) is 12.4 Å². The normalized spacial score (nSPS) is 8.69. The lowest BCUT2D eigenvalue weighted by molar-refractivity contribution is 1.34. The van der Waals surface area contributed by atoms with Crippen LogP contribution < -0.4 is 5.32 Å². The van der Waals surface area contributed by atoms with Gasteiger partial charge in [0.2, 0.25) is 0 Å². The Morgan fingerprint density at radius 3 is 2.77 bits per heavy atom. The zero-order valence-electron chi connectivity index (χ0n) is 7.07. The van der Waals surface area contributed by atoms with Crippen LogP contribution in [0, 0.1) is 0 Å². The van der Waals surface area contributed by atoms with E-state index in [0.717, 1.165) is 16.7 Å². The summed E-state index contributed by atoms with van der Waals surface area (Å²) in [5, 5.41) is 3.06. The Balaban J connectivity index is 0.000000720. The van der Waals surface area contributed by atoms with E-state index in [1.54, 1.807) is 6.33 Å². The van der Waals surface area contributed by atoms with Crippen LogP contribution in [0.25, 0.3) is 11.0 Å². The Hall–Kier alpha value is -0.930. The maximum Gasteiger partial charge on any atom is 0.0931 e. The predicted molar refractivity (Wildman–Crippen MR) is 60.1 cm³/mol. The fourth-order valence-electron chi connectivity index (χ4n) is 1.09. The first kappa shape index (κ1) is 12.1. The molecule has 2 aromatic rings. The van der Waals surface area contributed by atoms with E-state index in [1.807, 2.05) is 25.2 Å². The van der Waals surface area contributed by atoms with Gasteiger partial charge in [-0.3, -0.25) is 0 Å². The number of halogens is 2. The quantitative estimate of drug-likeness (QED) is 0.774. The summed E-state index contributed by atoms with van der Waals surface area (Å²) in [4.78, 5) is 7.15. The van der Waals surface area contributed by atoms with Crippen molar-refractivity contribution in [2.45, 2.75) is 0 Å². The first-order valence-corrected chi connectivity index (χ1v) is 3.51. The van der Waals surface area contributed by atoms with Crippen molar-refractivity contribution in [3.63, 3.8) is 0 Å². The van der Waals surface area contributed by atoms with Crippen LogP contribution in [0.5, 0.6) is 0 Å². The number of imidazole rings is 1. The van der Waals surface area contributed by atoms with Crippen LogP contribution in [0.15, 0.2) is 24.5 Å². The molecule has 0 amide bonds. The van der Waals surface area contributed by atoms with Crippen LogP contribution in [0.1, 0.15) is 0 Å². The number of benzene rings is 1. The lowest BCUT2D eigenvalue weighted by atomic mass is 10.3. The van der Waals surface area contributed by atoms with Crippen LogP contribution in [0.4, 0.5) is 5.69 Å². The van der Waals surface area contributed by atoms with Gasteiger partial charge in [-0.2, -0.15) is 0 Å². The molecule has 72 valence electrons. The SMILES string of the molecule is CNc1ccc2nc[nH]c2c1.Cl.Cl.